The highest BCUT2D eigenvalue weighted by Crippen LogP contribution is 2.52. The lowest BCUT2D eigenvalue weighted by molar-refractivity contribution is -0.169. The third-order valence-electron chi connectivity index (χ3n) is 7.58. The van der Waals surface area contributed by atoms with E-state index in [1.54, 1.807) is 18.3 Å². The van der Waals surface area contributed by atoms with Gasteiger partial charge in [0.15, 0.2) is 17.2 Å². The summed E-state index contributed by atoms with van der Waals surface area (Å²) >= 11 is 0. The molecule has 1 aliphatic heterocycles. The highest BCUT2D eigenvalue weighted by atomic mass is 19.1. The van der Waals surface area contributed by atoms with Crippen LogP contribution in [-0.4, -0.2) is 56.9 Å². The number of hydrogen-bond donors (Lipinski definition) is 3. The first-order chi connectivity index (χ1) is 16.9. The van der Waals surface area contributed by atoms with Crippen LogP contribution in [0.4, 0.5) is 4.39 Å². The number of methoxy groups -OCH3 is 1. The van der Waals surface area contributed by atoms with E-state index in [9.17, 15) is 19.4 Å². The molecule has 182 valence electrons. The summed E-state index contributed by atoms with van der Waals surface area (Å²) in [4.78, 5) is 11.7. The van der Waals surface area contributed by atoms with Gasteiger partial charge in [-0.05, 0) is 61.4 Å². The predicted molar refractivity (Wildman–Crippen MR) is 127 cm³/mol. The molecule has 8 nitrogen and oxygen atoms in total. The summed E-state index contributed by atoms with van der Waals surface area (Å²) in [5.74, 6) is -1.44. The smallest absolute Gasteiger partial charge is 0.335 e. The second-order valence-electron chi connectivity index (χ2n) is 9.61. The first kappa shape index (κ1) is 22.1. The van der Waals surface area contributed by atoms with Crippen molar-refractivity contribution in [3.8, 4) is 11.4 Å². The van der Waals surface area contributed by atoms with Gasteiger partial charge < -0.3 is 24.3 Å². The average molecular weight is 480 g/mol. The Kier molecular flexibility index (Phi) is 5.08. The van der Waals surface area contributed by atoms with Gasteiger partial charge in [0.2, 0.25) is 0 Å². The molecule has 2 aliphatic rings. The Morgan fingerprint density at radius 2 is 2.00 bits per heavy atom. The number of hydrogen-bond acceptors (Lipinski definition) is 5. The molecule has 1 aliphatic carbocycles. The van der Waals surface area contributed by atoms with Crippen LogP contribution in [0.1, 0.15) is 48.8 Å². The molecule has 3 heterocycles. The van der Waals surface area contributed by atoms with E-state index in [2.05, 4.69) is 20.8 Å². The Morgan fingerprint density at radius 3 is 2.71 bits per heavy atom. The van der Waals surface area contributed by atoms with Crippen molar-refractivity contribution >= 4 is 27.8 Å². The fourth-order valence-electron chi connectivity index (χ4n) is 5.77. The quantitative estimate of drug-likeness (QED) is 0.395. The second kappa shape index (κ2) is 8.07. The first-order valence-electron chi connectivity index (χ1n) is 11.8. The molecule has 0 amide bonds. The third-order valence-corrected chi connectivity index (χ3v) is 7.58. The number of nitrogens with zero attached hydrogens (tertiary/aromatic N) is 2. The Morgan fingerprint density at radius 1 is 1.23 bits per heavy atom. The Hall–Kier alpha value is -3.43. The van der Waals surface area contributed by atoms with Gasteiger partial charge in [-0.25, -0.2) is 9.18 Å². The number of aromatic amines is 1. The lowest BCUT2D eigenvalue weighted by Crippen LogP contribution is -2.49. The first-order valence-corrected chi connectivity index (χ1v) is 11.8. The number of ether oxygens (including phenoxy) is 2. The van der Waals surface area contributed by atoms with Crippen molar-refractivity contribution in [3.63, 3.8) is 0 Å². The van der Waals surface area contributed by atoms with E-state index in [1.807, 2.05) is 6.07 Å². The summed E-state index contributed by atoms with van der Waals surface area (Å²) in [6, 6.07) is 8.92. The highest BCUT2D eigenvalue weighted by molar-refractivity contribution is 5.99. The van der Waals surface area contributed by atoms with E-state index in [1.165, 1.54) is 13.2 Å². The van der Waals surface area contributed by atoms with Gasteiger partial charge >= 0.3 is 5.97 Å². The molecule has 0 unspecified atom stereocenters. The molecule has 1 saturated heterocycles. The molecule has 4 aromatic rings. The van der Waals surface area contributed by atoms with Gasteiger partial charge in [-0.3, -0.25) is 5.10 Å². The van der Waals surface area contributed by atoms with Crippen molar-refractivity contribution < 1.29 is 28.9 Å². The molecule has 35 heavy (non-hydrogen) atoms. The average Bonchev–Trinajstić information content (AvgIpc) is 3.43. The van der Waals surface area contributed by atoms with Crippen LogP contribution in [0.5, 0.6) is 5.75 Å². The van der Waals surface area contributed by atoms with E-state index in [-0.39, 0.29) is 30.4 Å². The summed E-state index contributed by atoms with van der Waals surface area (Å²) in [5.41, 5.74) is 2.95. The molecule has 2 aromatic carbocycles. The number of carboxylic acids is 1. The van der Waals surface area contributed by atoms with Gasteiger partial charge in [0.05, 0.1) is 24.3 Å². The molecule has 0 radical (unpaired) electrons. The number of aliphatic hydroxyl groups is 1. The SMILES string of the molecule is COc1cc(-n2c(C3CCOCC3)c(C3CC(O)(C(=O)O)C3)c3cc4[nH]ncc4cc32)ccc1F. The lowest BCUT2D eigenvalue weighted by atomic mass is 9.66. The zero-order valence-electron chi connectivity index (χ0n) is 19.3. The zero-order chi connectivity index (χ0) is 24.3. The number of benzene rings is 2. The number of H-pyrrole nitrogens is 1. The van der Waals surface area contributed by atoms with Crippen LogP contribution in [-0.2, 0) is 9.53 Å². The van der Waals surface area contributed by atoms with Gasteiger partial charge in [-0.1, -0.05) is 0 Å². The molecule has 0 atom stereocenters. The molecule has 2 aromatic heterocycles. The fourth-order valence-corrected chi connectivity index (χ4v) is 5.77. The topological polar surface area (TPSA) is 110 Å². The van der Waals surface area contributed by atoms with Crippen LogP contribution >= 0.6 is 0 Å². The summed E-state index contributed by atoms with van der Waals surface area (Å²) in [7, 11) is 1.44. The molecule has 0 bridgehead atoms. The van der Waals surface area contributed by atoms with Crippen molar-refractivity contribution in [2.75, 3.05) is 20.3 Å². The Labute approximate surface area is 200 Å². The monoisotopic (exact) mass is 479 g/mol. The zero-order valence-corrected chi connectivity index (χ0v) is 19.3. The van der Waals surface area contributed by atoms with Crippen LogP contribution in [0.25, 0.3) is 27.5 Å². The van der Waals surface area contributed by atoms with Gasteiger partial charge in [0.1, 0.15) is 0 Å². The summed E-state index contributed by atoms with van der Waals surface area (Å²) < 4.78 is 27.4. The van der Waals surface area contributed by atoms with Crippen molar-refractivity contribution in [2.24, 2.45) is 0 Å². The Bertz CT molecular complexity index is 1450. The number of nitrogens with one attached hydrogen (secondary N) is 1. The molecular formula is C26H26FN3O5. The Balaban J connectivity index is 1.65. The summed E-state index contributed by atoms with van der Waals surface area (Å²) in [6.07, 6.45) is 3.68. The van der Waals surface area contributed by atoms with E-state index in [0.29, 0.717) is 13.2 Å². The van der Waals surface area contributed by atoms with Crippen LogP contribution in [0.2, 0.25) is 0 Å². The van der Waals surface area contributed by atoms with E-state index < -0.39 is 17.4 Å². The van der Waals surface area contributed by atoms with Gasteiger partial charge in [-0.2, -0.15) is 5.10 Å². The normalized spacial score (nSPS) is 23.0. The molecule has 2 fully saturated rings. The van der Waals surface area contributed by atoms with Crippen LogP contribution < -0.4 is 4.74 Å². The third kappa shape index (κ3) is 3.41. The maximum absolute atomic E-state index is 14.3. The highest BCUT2D eigenvalue weighted by Gasteiger charge is 2.51. The van der Waals surface area contributed by atoms with Crippen LogP contribution in [0, 0.1) is 5.82 Å². The maximum atomic E-state index is 14.3. The van der Waals surface area contributed by atoms with Gasteiger partial charge in [0, 0.05) is 47.4 Å². The maximum Gasteiger partial charge on any atom is 0.335 e. The van der Waals surface area contributed by atoms with Gasteiger partial charge in [-0.15, -0.1) is 0 Å². The van der Waals surface area contributed by atoms with Crippen LogP contribution in [0.3, 0.4) is 0 Å². The lowest BCUT2D eigenvalue weighted by Gasteiger charge is -2.41. The number of carbonyl (C=O) groups is 1. The number of carboxylic acid groups (broad SMARTS) is 1. The number of aliphatic carboxylic acids is 1. The number of rotatable bonds is 5. The summed E-state index contributed by atoms with van der Waals surface area (Å²) in [5, 5.41) is 29.2. The fraction of sp³-hybridized carbons (Fsp3) is 0.385. The number of halogens is 1. The van der Waals surface area contributed by atoms with Crippen LogP contribution in [0.15, 0.2) is 36.5 Å². The predicted octanol–water partition coefficient (Wildman–Crippen LogP) is 4.24. The van der Waals surface area contributed by atoms with Crippen molar-refractivity contribution in [2.45, 2.75) is 43.1 Å². The van der Waals surface area contributed by atoms with Crippen molar-refractivity contribution in [1.82, 2.24) is 14.8 Å². The largest absolute Gasteiger partial charge is 0.494 e. The molecule has 1 saturated carbocycles. The molecular weight excluding hydrogens is 453 g/mol. The van der Waals surface area contributed by atoms with E-state index in [4.69, 9.17) is 9.47 Å². The number of fused-ring (bicyclic) bond motifs is 2. The van der Waals surface area contributed by atoms with E-state index >= 15 is 0 Å². The van der Waals surface area contributed by atoms with Crippen molar-refractivity contribution in [1.29, 1.82) is 0 Å². The van der Waals surface area contributed by atoms with Gasteiger partial charge in [0.25, 0.3) is 0 Å². The standard InChI is InChI=1S/C26H26FN3O5/c1-34-22-9-17(2-3-19(22)27)30-21-8-15-13-28-29-20(15)10-18(21)23(16-11-26(33,12-16)25(31)32)24(30)14-4-6-35-7-5-14/h2-3,8-10,13-14,16,33H,4-7,11-12H2,1H3,(H,28,29)(H,31,32). The number of aromatic nitrogens is 3. The minimum Gasteiger partial charge on any atom is -0.494 e. The minimum atomic E-state index is -1.72. The van der Waals surface area contributed by atoms with E-state index in [0.717, 1.165) is 51.6 Å². The second-order valence-corrected chi connectivity index (χ2v) is 9.61. The molecule has 6 rings (SSSR count). The summed E-state index contributed by atoms with van der Waals surface area (Å²) in [6.45, 7) is 1.26. The van der Waals surface area contributed by atoms with Crippen molar-refractivity contribution in [3.05, 3.63) is 53.6 Å². The minimum absolute atomic E-state index is 0.125. The molecule has 3 N–H and O–H groups in total. The molecule has 0 spiro atoms. The molecule has 9 heteroatoms.